The molecule has 0 radical (unpaired) electrons. The Balaban J connectivity index is 1.29. The van der Waals surface area contributed by atoms with Gasteiger partial charge in [-0.05, 0) is 104 Å². The second-order valence-corrected chi connectivity index (χ2v) is 17.2. The van der Waals surface area contributed by atoms with E-state index in [1.165, 1.54) is 0 Å². The number of allylic oxidation sites excluding steroid dienone is 2. The lowest BCUT2D eigenvalue weighted by atomic mass is 9.34. The van der Waals surface area contributed by atoms with E-state index in [-0.39, 0.29) is 39.1 Å². The van der Waals surface area contributed by atoms with Crippen LogP contribution in [0.3, 0.4) is 0 Å². The zero-order chi connectivity index (χ0) is 30.8. The fraction of sp³-hybridized carbons (Fsp3) is 0.941. The summed E-state index contributed by atoms with van der Waals surface area (Å²) in [5.74, 6) is 0.730. The molecular formula is C34H56O8. The molecule has 240 valence electrons. The van der Waals surface area contributed by atoms with E-state index in [1.807, 2.05) is 6.92 Å². The van der Waals surface area contributed by atoms with Crippen LogP contribution in [0, 0.1) is 44.8 Å². The summed E-state index contributed by atoms with van der Waals surface area (Å²) >= 11 is 0. The second-order valence-electron chi connectivity index (χ2n) is 17.2. The molecule has 8 heteroatoms. The van der Waals surface area contributed by atoms with Crippen molar-refractivity contribution < 1.29 is 40.1 Å². The molecule has 0 aromatic heterocycles. The van der Waals surface area contributed by atoms with Gasteiger partial charge in [-0.3, -0.25) is 0 Å². The Morgan fingerprint density at radius 2 is 1.45 bits per heavy atom. The van der Waals surface area contributed by atoms with Crippen molar-refractivity contribution in [3.8, 4) is 0 Å². The minimum atomic E-state index is -1.68. The van der Waals surface area contributed by atoms with Gasteiger partial charge < -0.3 is 40.1 Å². The summed E-state index contributed by atoms with van der Waals surface area (Å²) in [7, 11) is 0. The van der Waals surface area contributed by atoms with E-state index in [4.69, 9.17) is 9.47 Å². The molecule has 4 saturated carbocycles. The van der Waals surface area contributed by atoms with Gasteiger partial charge in [0.15, 0.2) is 12.6 Å². The SMILES string of the molecule is CC1(C)CC2C3=CCC4[C@@]5(C)CC[C@H](O[C@@H]6OC(O)[C@@H](O)[C@@H](O)C6O)[C@](C)(O)C5CC[C@@]4(C)[C@]3(C)CC[C@@]2(C)[C@H](O)C1. The normalized spacial score (nSPS) is 59.0. The van der Waals surface area contributed by atoms with Crippen molar-refractivity contribution in [1.29, 1.82) is 0 Å². The van der Waals surface area contributed by atoms with Crippen LogP contribution in [-0.2, 0) is 9.47 Å². The van der Waals surface area contributed by atoms with E-state index < -0.39 is 42.6 Å². The maximum absolute atomic E-state index is 12.2. The van der Waals surface area contributed by atoms with Crippen LogP contribution >= 0.6 is 0 Å². The number of aliphatic hydroxyl groups excluding tert-OH is 5. The largest absolute Gasteiger partial charge is 0.393 e. The van der Waals surface area contributed by atoms with Gasteiger partial charge >= 0.3 is 0 Å². The fourth-order valence-electron chi connectivity index (χ4n) is 11.6. The van der Waals surface area contributed by atoms with Crippen LogP contribution in [0.25, 0.3) is 0 Å². The molecule has 5 aliphatic carbocycles. The number of fused-ring (bicyclic) bond motifs is 7. The number of hydrogen-bond acceptors (Lipinski definition) is 8. The van der Waals surface area contributed by atoms with Gasteiger partial charge in [0.1, 0.15) is 18.3 Å². The molecule has 1 heterocycles. The van der Waals surface area contributed by atoms with Gasteiger partial charge in [-0.1, -0.05) is 53.2 Å². The molecule has 0 amide bonds. The Labute approximate surface area is 251 Å². The lowest BCUT2D eigenvalue weighted by molar-refractivity contribution is -0.365. The summed E-state index contributed by atoms with van der Waals surface area (Å²) < 4.78 is 11.4. The second kappa shape index (κ2) is 9.71. The topological polar surface area (TPSA) is 140 Å². The highest BCUT2D eigenvalue weighted by Crippen LogP contribution is 2.75. The highest BCUT2D eigenvalue weighted by atomic mass is 16.8. The molecule has 0 aromatic rings. The number of ether oxygens (including phenoxy) is 2. The van der Waals surface area contributed by atoms with Gasteiger partial charge in [0.25, 0.3) is 0 Å². The molecule has 1 aliphatic heterocycles. The van der Waals surface area contributed by atoms with Gasteiger partial charge in [-0.25, -0.2) is 0 Å². The molecule has 5 fully saturated rings. The Bertz CT molecular complexity index is 1110. The lowest BCUT2D eigenvalue weighted by Crippen LogP contribution is -2.68. The van der Waals surface area contributed by atoms with E-state index in [2.05, 4.69) is 47.6 Å². The first-order chi connectivity index (χ1) is 19.3. The van der Waals surface area contributed by atoms with Crippen molar-refractivity contribution in [3.05, 3.63) is 11.6 Å². The Morgan fingerprint density at radius 3 is 2.14 bits per heavy atom. The van der Waals surface area contributed by atoms with Crippen LogP contribution < -0.4 is 0 Å². The van der Waals surface area contributed by atoms with Crippen molar-refractivity contribution >= 4 is 0 Å². The first kappa shape index (κ1) is 31.4. The number of aliphatic hydroxyl groups is 6. The van der Waals surface area contributed by atoms with Crippen LogP contribution in [0.15, 0.2) is 11.6 Å². The third-order valence-corrected chi connectivity index (χ3v) is 14.5. The number of hydrogen-bond donors (Lipinski definition) is 6. The van der Waals surface area contributed by atoms with Crippen molar-refractivity contribution in [1.82, 2.24) is 0 Å². The molecule has 1 saturated heterocycles. The monoisotopic (exact) mass is 592 g/mol. The van der Waals surface area contributed by atoms with E-state index in [9.17, 15) is 30.6 Å². The molecule has 6 aliphatic rings. The van der Waals surface area contributed by atoms with Crippen molar-refractivity contribution in [2.24, 2.45) is 44.8 Å². The van der Waals surface area contributed by atoms with Crippen molar-refractivity contribution in [2.45, 2.75) is 155 Å². The third kappa shape index (κ3) is 4.15. The quantitative estimate of drug-likeness (QED) is 0.211. The molecule has 0 aromatic carbocycles. The van der Waals surface area contributed by atoms with Crippen LogP contribution in [0.5, 0.6) is 0 Å². The lowest BCUT2D eigenvalue weighted by Gasteiger charge is -2.71. The Morgan fingerprint density at radius 1 is 0.762 bits per heavy atom. The van der Waals surface area contributed by atoms with Crippen molar-refractivity contribution in [2.75, 3.05) is 0 Å². The van der Waals surface area contributed by atoms with Crippen molar-refractivity contribution in [3.63, 3.8) is 0 Å². The summed E-state index contributed by atoms with van der Waals surface area (Å²) in [4.78, 5) is 0. The molecule has 0 spiro atoms. The zero-order valence-corrected chi connectivity index (χ0v) is 26.7. The minimum absolute atomic E-state index is 0.0353. The van der Waals surface area contributed by atoms with E-state index in [0.717, 1.165) is 51.4 Å². The van der Waals surface area contributed by atoms with Crippen LogP contribution in [-0.4, -0.2) is 79.3 Å². The maximum Gasteiger partial charge on any atom is 0.189 e. The summed E-state index contributed by atoms with van der Waals surface area (Å²) in [6, 6.07) is 0. The first-order valence-electron chi connectivity index (χ1n) is 16.5. The Hall–Kier alpha value is -0.580. The molecule has 15 atom stereocenters. The summed E-state index contributed by atoms with van der Waals surface area (Å²) in [5, 5.41) is 64.2. The van der Waals surface area contributed by atoms with Crippen LogP contribution in [0.1, 0.15) is 106 Å². The number of rotatable bonds is 2. The smallest absolute Gasteiger partial charge is 0.189 e. The highest BCUT2D eigenvalue weighted by Gasteiger charge is 2.69. The predicted octanol–water partition coefficient (Wildman–Crippen LogP) is 3.65. The molecule has 8 nitrogen and oxygen atoms in total. The van der Waals surface area contributed by atoms with Gasteiger partial charge in [-0.2, -0.15) is 0 Å². The maximum atomic E-state index is 12.2. The minimum Gasteiger partial charge on any atom is -0.393 e. The van der Waals surface area contributed by atoms with Gasteiger partial charge in [0.2, 0.25) is 0 Å². The molecule has 6 N–H and O–H groups in total. The van der Waals surface area contributed by atoms with Crippen LogP contribution in [0.2, 0.25) is 0 Å². The molecule has 6 rings (SSSR count). The molecular weight excluding hydrogens is 536 g/mol. The molecule has 0 bridgehead atoms. The summed E-state index contributed by atoms with van der Waals surface area (Å²) in [6.45, 7) is 16.2. The average molecular weight is 593 g/mol. The standard InChI is InChI=1S/C34H56O8/c1-29(2)16-19-18-8-9-20-31(4)12-11-23(41-28-26(38)24(36)25(37)27(39)42-28)34(7,40)21(31)10-13-33(20,6)32(18,5)15-14-30(19,3)22(35)17-29/h8,19-28,35-40H,9-17H2,1-7H3/t19?,20?,21?,22-,23+,24-,25+,26?,27?,28-,30-,31-,32-,33-,34-/m1/s1. The summed E-state index contributed by atoms with van der Waals surface area (Å²) in [5.41, 5.74) is 0.371. The first-order valence-corrected chi connectivity index (χ1v) is 16.5. The van der Waals surface area contributed by atoms with Gasteiger partial charge in [0.05, 0.1) is 17.8 Å². The average Bonchev–Trinajstić information content (AvgIpc) is 2.89. The highest BCUT2D eigenvalue weighted by molar-refractivity contribution is 5.34. The Kier molecular flexibility index (Phi) is 7.26. The zero-order valence-electron chi connectivity index (χ0n) is 26.7. The molecule has 5 unspecified atom stereocenters. The fourth-order valence-corrected chi connectivity index (χ4v) is 11.6. The van der Waals surface area contributed by atoms with E-state index >= 15 is 0 Å². The van der Waals surface area contributed by atoms with E-state index in [1.54, 1.807) is 5.57 Å². The molecule has 42 heavy (non-hydrogen) atoms. The summed E-state index contributed by atoms with van der Waals surface area (Å²) in [6.07, 6.45) is 2.14. The van der Waals surface area contributed by atoms with Gasteiger partial charge in [0, 0.05) is 5.41 Å². The van der Waals surface area contributed by atoms with Gasteiger partial charge in [-0.15, -0.1) is 0 Å². The predicted molar refractivity (Wildman–Crippen MR) is 157 cm³/mol. The van der Waals surface area contributed by atoms with E-state index in [0.29, 0.717) is 18.3 Å². The third-order valence-electron chi connectivity index (χ3n) is 14.5. The van der Waals surface area contributed by atoms with Crippen LogP contribution in [0.4, 0.5) is 0 Å².